The number of aliphatic carboxylic acids is 1. The average molecular weight is 277 g/mol. The molecule has 1 fully saturated rings. The van der Waals surface area contributed by atoms with Crippen molar-refractivity contribution in [1.82, 2.24) is 4.57 Å². The van der Waals surface area contributed by atoms with Crippen LogP contribution < -0.4 is 5.56 Å². The predicted octanol–water partition coefficient (Wildman–Crippen LogP) is 2.67. The van der Waals surface area contributed by atoms with Gasteiger partial charge in [0.1, 0.15) is 6.54 Å². The standard InChI is InChI=1S/C16H23NO3/c1-11-8-14(9-13-6-4-3-5-7-13)12(2)16(20)17(11)10-15(18)19/h8,13H,3-7,9-10H2,1-2H3,(H,18,19). The normalized spacial score (nSPS) is 16.3. The Bertz CT molecular complexity index is 554. The number of hydrogen-bond donors (Lipinski definition) is 1. The molecule has 2 rings (SSSR count). The molecule has 1 aromatic heterocycles. The number of hydrogen-bond acceptors (Lipinski definition) is 2. The Labute approximate surface area is 119 Å². The van der Waals surface area contributed by atoms with Crippen LogP contribution in [0.2, 0.25) is 0 Å². The summed E-state index contributed by atoms with van der Waals surface area (Å²) in [5.41, 5.74) is 2.40. The van der Waals surface area contributed by atoms with Crippen LogP contribution in [-0.4, -0.2) is 15.6 Å². The fourth-order valence-electron chi connectivity index (χ4n) is 3.18. The van der Waals surface area contributed by atoms with E-state index in [1.165, 1.54) is 36.7 Å². The molecule has 1 N–H and O–H groups in total. The summed E-state index contributed by atoms with van der Waals surface area (Å²) in [6.07, 6.45) is 7.36. The molecule has 1 aliphatic carbocycles. The number of carboxylic acids is 1. The molecule has 1 aliphatic rings. The molecule has 0 unspecified atom stereocenters. The predicted molar refractivity (Wildman–Crippen MR) is 78.1 cm³/mol. The second-order valence-corrected chi connectivity index (χ2v) is 5.93. The Morgan fingerprint density at radius 3 is 2.55 bits per heavy atom. The fraction of sp³-hybridized carbons (Fsp3) is 0.625. The molecular formula is C16H23NO3. The van der Waals surface area contributed by atoms with Crippen molar-refractivity contribution in [1.29, 1.82) is 0 Å². The lowest BCUT2D eigenvalue weighted by atomic mass is 9.84. The van der Waals surface area contributed by atoms with E-state index < -0.39 is 5.97 Å². The highest BCUT2D eigenvalue weighted by Gasteiger charge is 2.17. The molecular weight excluding hydrogens is 254 g/mol. The number of aromatic nitrogens is 1. The fourth-order valence-corrected chi connectivity index (χ4v) is 3.18. The highest BCUT2D eigenvalue weighted by Crippen LogP contribution is 2.27. The van der Waals surface area contributed by atoms with Crippen LogP contribution in [0.4, 0.5) is 0 Å². The van der Waals surface area contributed by atoms with Crippen molar-refractivity contribution in [3.8, 4) is 0 Å². The third kappa shape index (κ3) is 3.30. The number of aryl methyl sites for hydroxylation is 1. The molecule has 110 valence electrons. The van der Waals surface area contributed by atoms with E-state index in [1.807, 2.05) is 19.9 Å². The van der Waals surface area contributed by atoms with E-state index >= 15 is 0 Å². The zero-order chi connectivity index (χ0) is 14.7. The summed E-state index contributed by atoms with van der Waals surface area (Å²) < 4.78 is 1.35. The average Bonchev–Trinajstić information content (AvgIpc) is 2.42. The van der Waals surface area contributed by atoms with Gasteiger partial charge in [-0.15, -0.1) is 0 Å². The van der Waals surface area contributed by atoms with Gasteiger partial charge in [0.2, 0.25) is 0 Å². The second-order valence-electron chi connectivity index (χ2n) is 5.93. The summed E-state index contributed by atoms with van der Waals surface area (Å²) in [5, 5.41) is 8.88. The van der Waals surface area contributed by atoms with Gasteiger partial charge in [-0.1, -0.05) is 32.1 Å². The summed E-state index contributed by atoms with van der Waals surface area (Å²) in [5.74, 6) is -0.300. The Balaban J connectivity index is 2.26. The lowest BCUT2D eigenvalue weighted by Gasteiger charge is -2.23. The molecule has 0 radical (unpaired) electrons. The largest absolute Gasteiger partial charge is 0.480 e. The minimum Gasteiger partial charge on any atom is -0.480 e. The van der Waals surface area contributed by atoms with Gasteiger partial charge in [-0.3, -0.25) is 9.59 Å². The van der Waals surface area contributed by atoms with Gasteiger partial charge >= 0.3 is 5.97 Å². The Morgan fingerprint density at radius 2 is 1.95 bits per heavy atom. The van der Waals surface area contributed by atoms with Crippen molar-refractivity contribution in [2.24, 2.45) is 5.92 Å². The zero-order valence-electron chi connectivity index (χ0n) is 12.3. The van der Waals surface area contributed by atoms with E-state index in [-0.39, 0.29) is 12.1 Å². The first-order valence-electron chi connectivity index (χ1n) is 7.40. The number of nitrogens with zero attached hydrogens (tertiary/aromatic N) is 1. The molecule has 4 nitrogen and oxygen atoms in total. The molecule has 0 atom stereocenters. The molecule has 0 aliphatic heterocycles. The molecule has 0 aromatic carbocycles. The highest BCUT2D eigenvalue weighted by atomic mass is 16.4. The highest BCUT2D eigenvalue weighted by molar-refractivity contribution is 5.66. The topological polar surface area (TPSA) is 59.3 Å². The van der Waals surface area contributed by atoms with Crippen LogP contribution in [-0.2, 0) is 17.8 Å². The van der Waals surface area contributed by atoms with Gasteiger partial charge in [-0.2, -0.15) is 0 Å². The third-order valence-electron chi connectivity index (χ3n) is 4.38. The SMILES string of the molecule is Cc1c(CC2CCCCC2)cc(C)n(CC(=O)O)c1=O. The summed E-state index contributed by atoms with van der Waals surface area (Å²) >= 11 is 0. The van der Waals surface area contributed by atoms with E-state index in [0.717, 1.165) is 17.7 Å². The maximum Gasteiger partial charge on any atom is 0.323 e. The number of pyridine rings is 1. The third-order valence-corrected chi connectivity index (χ3v) is 4.38. The van der Waals surface area contributed by atoms with Crippen molar-refractivity contribution in [2.45, 2.75) is 58.9 Å². The van der Waals surface area contributed by atoms with Gasteiger partial charge in [0, 0.05) is 11.3 Å². The summed E-state index contributed by atoms with van der Waals surface area (Å²) in [4.78, 5) is 23.1. The smallest absolute Gasteiger partial charge is 0.323 e. The minimum atomic E-state index is -0.977. The van der Waals surface area contributed by atoms with Crippen LogP contribution in [0.1, 0.15) is 48.9 Å². The molecule has 0 spiro atoms. The molecule has 1 aromatic rings. The van der Waals surface area contributed by atoms with E-state index in [4.69, 9.17) is 5.11 Å². The van der Waals surface area contributed by atoms with Crippen LogP contribution in [0.15, 0.2) is 10.9 Å². The van der Waals surface area contributed by atoms with Crippen molar-refractivity contribution in [3.63, 3.8) is 0 Å². The first-order chi connectivity index (χ1) is 9.49. The van der Waals surface area contributed by atoms with Crippen molar-refractivity contribution in [2.75, 3.05) is 0 Å². The summed E-state index contributed by atoms with van der Waals surface area (Å²) in [7, 11) is 0. The van der Waals surface area contributed by atoms with Crippen LogP contribution >= 0.6 is 0 Å². The second kappa shape index (κ2) is 6.25. The van der Waals surface area contributed by atoms with Gasteiger partial charge < -0.3 is 9.67 Å². The molecule has 0 bridgehead atoms. The lowest BCUT2D eigenvalue weighted by molar-refractivity contribution is -0.137. The maximum absolute atomic E-state index is 12.3. The summed E-state index contributed by atoms with van der Waals surface area (Å²) in [6, 6.07) is 1.99. The molecule has 0 amide bonds. The van der Waals surface area contributed by atoms with Crippen molar-refractivity contribution < 1.29 is 9.90 Å². The molecule has 1 saturated carbocycles. The van der Waals surface area contributed by atoms with E-state index in [1.54, 1.807) is 0 Å². The number of carboxylic acid groups (broad SMARTS) is 1. The first kappa shape index (κ1) is 14.8. The van der Waals surface area contributed by atoms with Gasteiger partial charge in [0.05, 0.1) is 0 Å². The Hall–Kier alpha value is -1.58. The van der Waals surface area contributed by atoms with Crippen LogP contribution in [0.3, 0.4) is 0 Å². The van der Waals surface area contributed by atoms with Crippen LogP contribution in [0.25, 0.3) is 0 Å². The molecule has 1 heterocycles. The molecule has 20 heavy (non-hydrogen) atoms. The van der Waals surface area contributed by atoms with Gasteiger partial charge in [0.25, 0.3) is 5.56 Å². The quantitative estimate of drug-likeness (QED) is 0.920. The van der Waals surface area contributed by atoms with Gasteiger partial charge in [0.15, 0.2) is 0 Å². The van der Waals surface area contributed by atoms with Crippen LogP contribution in [0, 0.1) is 19.8 Å². The van der Waals surface area contributed by atoms with E-state index in [0.29, 0.717) is 11.5 Å². The van der Waals surface area contributed by atoms with E-state index in [9.17, 15) is 9.59 Å². The van der Waals surface area contributed by atoms with E-state index in [2.05, 4.69) is 0 Å². The van der Waals surface area contributed by atoms with Gasteiger partial charge in [-0.05, 0) is 37.8 Å². The van der Waals surface area contributed by atoms with Crippen molar-refractivity contribution >= 4 is 5.97 Å². The maximum atomic E-state index is 12.3. The first-order valence-corrected chi connectivity index (χ1v) is 7.40. The number of carbonyl (C=O) groups is 1. The number of rotatable bonds is 4. The lowest BCUT2D eigenvalue weighted by Crippen LogP contribution is -2.29. The molecule has 0 saturated heterocycles. The Morgan fingerprint density at radius 1 is 1.30 bits per heavy atom. The monoisotopic (exact) mass is 277 g/mol. The Kier molecular flexibility index (Phi) is 4.63. The minimum absolute atomic E-state index is 0.154. The van der Waals surface area contributed by atoms with Gasteiger partial charge in [-0.25, -0.2) is 0 Å². The summed E-state index contributed by atoms with van der Waals surface area (Å²) in [6.45, 7) is 3.38. The molecule has 4 heteroatoms. The van der Waals surface area contributed by atoms with Crippen LogP contribution in [0.5, 0.6) is 0 Å². The van der Waals surface area contributed by atoms with Crippen molar-refractivity contribution in [3.05, 3.63) is 33.2 Å². The zero-order valence-corrected chi connectivity index (χ0v) is 12.3.